The molecule has 0 fully saturated rings. The van der Waals surface area contributed by atoms with Crippen molar-refractivity contribution in [1.29, 1.82) is 0 Å². The van der Waals surface area contributed by atoms with Crippen LogP contribution in [0.3, 0.4) is 0 Å². The van der Waals surface area contributed by atoms with Gasteiger partial charge in [0.05, 0.1) is 17.0 Å². The van der Waals surface area contributed by atoms with Crippen molar-refractivity contribution in [1.82, 2.24) is 14.8 Å². The van der Waals surface area contributed by atoms with E-state index in [1.807, 2.05) is 6.07 Å². The van der Waals surface area contributed by atoms with Gasteiger partial charge in [-0.15, -0.1) is 16.8 Å². The standard InChI is InChI=1S/C20H16ClF3N4OS/c1-2-10-28-18(13-6-5-7-14(21)11-13)26-27-19(28)30-12-17(29)25-16-9-4-3-8-15(16)20(22,23)24/h2-9,11H,1,10,12H2,(H,25,29). The van der Waals surface area contributed by atoms with E-state index >= 15 is 0 Å². The highest BCUT2D eigenvalue weighted by atomic mass is 35.5. The van der Waals surface area contributed by atoms with Gasteiger partial charge < -0.3 is 5.32 Å². The summed E-state index contributed by atoms with van der Waals surface area (Å²) in [6.45, 7) is 4.10. The Hall–Kier alpha value is -2.78. The van der Waals surface area contributed by atoms with Gasteiger partial charge in [0.1, 0.15) is 0 Å². The first-order chi connectivity index (χ1) is 14.3. The number of para-hydroxylation sites is 1. The van der Waals surface area contributed by atoms with Crippen molar-refractivity contribution < 1.29 is 18.0 Å². The third-order valence-electron chi connectivity index (χ3n) is 3.95. The van der Waals surface area contributed by atoms with E-state index in [1.165, 1.54) is 18.2 Å². The number of amides is 1. The van der Waals surface area contributed by atoms with E-state index in [4.69, 9.17) is 11.6 Å². The normalized spacial score (nSPS) is 11.3. The van der Waals surface area contributed by atoms with Crippen molar-refractivity contribution in [2.75, 3.05) is 11.1 Å². The van der Waals surface area contributed by atoms with E-state index in [-0.39, 0.29) is 11.4 Å². The van der Waals surface area contributed by atoms with Crippen LogP contribution >= 0.6 is 23.4 Å². The number of nitrogens with one attached hydrogen (secondary N) is 1. The van der Waals surface area contributed by atoms with Gasteiger partial charge in [-0.25, -0.2) is 0 Å². The van der Waals surface area contributed by atoms with Crippen LogP contribution in [0.1, 0.15) is 5.56 Å². The number of benzene rings is 2. The lowest BCUT2D eigenvalue weighted by Gasteiger charge is -2.13. The van der Waals surface area contributed by atoms with Crippen LogP contribution in [-0.4, -0.2) is 26.4 Å². The van der Waals surface area contributed by atoms with Crippen molar-refractivity contribution in [2.24, 2.45) is 0 Å². The van der Waals surface area contributed by atoms with Crippen molar-refractivity contribution in [3.63, 3.8) is 0 Å². The molecule has 1 N–H and O–H groups in total. The summed E-state index contributed by atoms with van der Waals surface area (Å²) in [5.74, 6) is -0.186. The Morgan fingerprint density at radius 1 is 1.20 bits per heavy atom. The fourth-order valence-corrected chi connectivity index (χ4v) is 3.62. The number of nitrogens with zero attached hydrogens (tertiary/aromatic N) is 3. The number of thioether (sulfide) groups is 1. The van der Waals surface area contributed by atoms with Crippen LogP contribution in [0.4, 0.5) is 18.9 Å². The number of anilines is 1. The van der Waals surface area contributed by atoms with Gasteiger partial charge in [0.25, 0.3) is 0 Å². The lowest BCUT2D eigenvalue weighted by Crippen LogP contribution is -2.18. The number of halogens is 4. The molecule has 30 heavy (non-hydrogen) atoms. The number of alkyl halides is 3. The molecule has 10 heteroatoms. The predicted octanol–water partition coefficient (Wildman–Crippen LogP) is 5.53. The summed E-state index contributed by atoms with van der Waals surface area (Å²) in [5, 5.41) is 11.5. The predicted molar refractivity (Wildman–Crippen MR) is 111 cm³/mol. The second kappa shape index (κ2) is 9.36. The Balaban J connectivity index is 1.75. The molecule has 3 aromatic rings. The number of rotatable bonds is 7. The second-order valence-corrected chi connectivity index (χ2v) is 7.47. The first kappa shape index (κ1) is 21.9. The van der Waals surface area contributed by atoms with E-state index in [9.17, 15) is 18.0 Å². The highest BCUT2D eigenvalue weighted by molar-refractivity contribution is 7.99. The maximum atomic E-state index is 13.1. The van der Waals surface area contributed by atoms with E-state index < -0.39 is 17.6 Å². The summed E-state index contributed by atoms with van der Waals surface area (Å²) >= 11 is 7.10. The Bertz CT molecular complexity index is 1070. The molecular weight excluding hydrogens is 437 g/mol. The van der Waals surface area contributed by atoms with Gasteiger partial charge in [-0.05, 0) is 24.3 Å². The maximum Gasteiger partial charge on any atom is 0.418 e. The van der Waals surface area contributed by atoms with E-state index in [1.54, 1.807) is 28.8 Å². The Morgan fingerprint density at radius 2 is 1.97 bits per heavy atom. The molecule has 0 aliphatic carbocycles. The summed E-state index contributed by atoms with van der Waals surface area (Å²) in [5.41, 5.74) is -0.448. The molecule has 0 unspecified atom stereocenters. The Kier molecular flexibility index (Phi) is 6.84. The molecule has 3 rings (SSSR count). The molecule has 0 bridgehead atoms. The smallest absolute Gasteiger partial charge is 0.325 e. The minimum absolute atomic E-state index is 0.142. The summed E-state index contributed by atoms with van der Waals surface area (Å²) in [4.78, 5) is 12.3. The molecule has 1 amide bonds. The molecule has 0 saturated carbocycles. The number of hydrogen-bond acceptors (Lipinski definition) is 4. The van der Waals surface area contributed by atoms with Crippen LogP contribution in [0.5, 0.6) is 0 Å². The summed E-state index contributed by atoms with van der Waals surface area (Å²) in [6, 6.07) is 11.9. The number of carbonyl (C=O) groups excluding carboxylic acids is 1. The minimum Gasteiger partial charge on any atom is -0.325 e. The molecule has 0 atom stereocenters. The molecule has 1 aromatic heterocycles. The van der Waals surface area contributed by atoms with Crippen LogP contribution in [0.25, 0.3) is 11.4 Å². The number of hydrogen-bond donors (Lipinski definition) is 1. The van der Waals surface area contributed by atoms with E-state index in [0.29, 0.717) is 22.5 Å². The minimum atomic E-state index is -4.56. The molecule has 0 saturated heterocycles. The molecule has 0 aliphatic heterocycles. The molecule has 2 aromatic carbocycles. The molecular formula is C20H16ClF3N4OS. The lowest BCUT2D eigenvalue weighted by molar-refractivity contribution is -0.137. The van der Waals surface area contributed by atoms with E-state index in [0.717, 1.165) is 23.4 Å². The first-order valence-electron chi connectivity index (χ1n) is 8.68. The molecule has 0 aliphatic rings. The largest absolute Gasteiger partial charge is 0.418 e. The number of allylic oxidation sites excluding steroid dienone is 1. The van der Waals surface area contributed by atoms with Gasteiger partial charge in [0.2, 0.25) is 5.91 Å². The van der Waals surface area contributed by atoms with Crippen LogP contribution in [-0.2, 0) is 17.5 Å². The Morgan fingerprint density at radius 3 is 2.67 bits per heavy atom. The van der Waals surface area contributed by atoms with Gasteiger partial charge >= 0.3 is 6.18 Å². The van der Waals surface area contributed by atoms with Gasteiger partial charge in [-0.2, -0.15) is 13.2 Å². The molecule has 156 valence electrons. The lowest BCUT2D eigenvalue weighted by atomic mass is 10.1. The zero-order valence-electron chi connectivity index (χ0n) is 15.5. The summed E-state index contributed by atoms with van der Waals surface area (Å²) in [6.07, 6.45) is -2.91. The maximum absolute atomic E-state index is 13.1. The van der Waals surface area contributed by atoms with Gasteiger partial charge in [-0.1, -0.05) is 53.7 Å². The zero-order chi connectivity index (χ0) is 21.7. The van der Waals surface area contributed by atoms with Crippen LogP contribution in [0, 0.1) is 0 Å². The van der Waals surface area contributed by atoms with Crippen molar-refractivity contribution in [3.8, 4) is 11.4 Å². The average Bonchev–Trinajstić information content (AvgIpc) is 3.09. The van der Waals surface area contributed by atoms with Crippen LogP contribution in [0.2, 0.25) is 5.02 Å². The number of carbonyl (C=O) groups is 1. The fourth-order valence-electron chi connectivity index (χ4n) is 2.69. The molecule has 1 heterocycles. The van der Waals surface area contributed by atoms with Crippen molar-refractivity contribution >= 4 is 35.0 Å². The summed E-state index contributed by atoms with van der Waals surface area (Å²) in [7, 11) is 0. The molecule has 5 nitrogen and oxygen atoms in total. The average molecular weight is 453 g/mol. The molecule has 0 spiro atoms. The monoisotopic (exact) mass is 452 g/mol. The van der Waals surface area contributed by atoms with E-state index in [2.05, 4.69) is 22.1 Å². The highest BCUT2D eigenvalue weighted by Crippen LogP contribution is 2.34. The van der Waals surface area contributed by atoms with Gasteiger partial charge in [0, 0.05) is 17.1 Å². The highest BCUT2D eigenvalue weighted by Gasteiger charge is 2.33. The van der Waals surface area contributed by atoms with Crippen LogP contribution in [0.15, 0.2) is 66.3 Å². The quantitative estimate of drug-likeness (QED) is 0.378. The van der Waals surface area contributed by atoms with Gasteiger partial charge in [-0.3, -0.25) is 9.36 Å². The van der Waals surface area contributed by atoms with Crippen LogP contribution < -0.4 is 5.32 Å². The molecule has 0 radical (unpaired) electrons. The fraction of sp³-hybridized carbons (Fsp3) is 0.150. The second-order valence-electron chi connectivity index (χ2n) is 6.10. The number of aromatic nitrogens is 3. The zero-order valence-corrected chi connectivity index (χ0v) is 17.1. The third kappa shape index (κ3) is 5.22. The van der Waals surface area contributed by atoms with Gasteiger partial charge in [0.15, 0.2) is 11.0 Å². The third-order valence-corrected chi connectivity index (χ3v) is 5.15. The van der Waals surface area contributed by atoms with Crippen molar-refractivity contribution in [3.05, 3.63) is 71.8 Å². The first-order valence-corrected chi connectivity index (χ1v) is 10.0. The Labute approximate surface area is 180 Å². The van der Waals surface area contributed by atoms with Crippen molar-refractivity contribution in [2.45, 2.75) is 17.9 Å². The SMILES string of the molecule is C=CCn1c(SCC(=O)Nc2ccccc2C(F)(F)F)nnc1-c1cccc(Cl)c1. The summed E-state index contributed by atoms with van der Waals surface area (Å²) < 4.78 is 41.0. The topological polar surface area (TPSA) is 59.8 Å².